The third-order valence-electron chi connectivity index (χ3n) is 2.59. The Morgan fingerprint density at radius 2 is 2.43 bits per heavy atom. The molecule has 2 rings (SSSR count). The fourth-order valence-corrected chi connectivity index (χ4v) is 2.26. The molecule has 0 bridgehead atoms. The van der Waals surface area contributed by atoms with Crippen LogP contribution in [0.2, 0.25) is 5.02 Å². The van der Waals surface area contributed by atoms with Crippen LogP contribution < -0.4 is 11.1 Å². The molecule has 1 aliphatic heterocycles. The highest BCUT2D eigenvalue weighted by molar-refractivity contribution is 6.31. The lowest BCUT2D eigenvalue weighted by Gasteiger charge is -2.13. The topological polar surface area (TPSA) is 38.0 Å². The second kappa shape index (κ2) is 3.79. The summed E-state index contributed by atoms with van der Waals surface area (Å²) in [5.74, 6) is 0. The van der Waals surface area contributed by atoms with E-state index >= 15 is 0 Å². The van der Waals surface area contributed by atoms with Crippen molar-refractivity contribution in [2.45, 2.75) is 31.8 Å². The summed E-state index contributed by atoms with van der Waals surface area (Å²) < 4.78 is 0. The highest BCUT2D eigenvalue weighted by atomic mass is 35.5. The normalized spacial score (nSPS) is 21.5. The van der Waals surface area contributed by atoms with E-state index in [1.165, 1.54) is 11.3 Å². The number of fused-ring (bicyclic) bond motifs is 1. The molecule has 0 aromatic heterocycles. The number of halogens is 1. The Kier molecular flexibility index (Phi) is 2.66. The van der Waals surface area contributed by atoms with Gasteiger partial charge in [-0.25, -0.2) is 0 Å². The fraction of sp³-hybridized carbons (Fsp3) is 0.455. The number of hydrogen-bond acceptors (Lipinski definition) is 2. The van der Waals surface area contributed by atoms with Crippen molar-refractivity contribution in [1.29, 1.82) is 0 Å². The fourth-order valence-electron chi connectivity index (χ4n) is 2.01. The first-order valence-electron chi connectivity index (χ1n) is 4.96. The van der Waals surface area contributed by atoms with Crippen molar-refractivity contribution in [2.24, 2.45) is 5.73 Å². The number of rotatable bonds is 2. The number of anilines is 1. The van der Waals surface area contributed by atoms with Gasteiger partial charge in [-0.15, -0.1) is 0 Å². The van der Waals surface area contributed by atoms with E-state index in [9.17, 15) is 0 Å². The summed E-state index contributed by atoms with van der Waals surface area (Å²) in [6.07, 6.45) is 1.99. The van der Waals surface area contributed by atoms with Crippen molar-refractivity contribution >= 4 is 17.3 Å². The van der Waals surface area contributed by atoms with Gasteiger partial charge in [-0.3, -0.25) is 0 Å². The molecule has 1 aliphatic rings. The molecule has 3 N–H and O–H groups in total. The Bertz CT molecular complexity index is 336. The third-order valence-corrected chi connectivity index (χ3v) is 2.94. The van der Waals surface area contributed by atoms with Crippen molar-refractivity contribution in [1.82, 2.24) is 0 Å². The molecule has 2 nitrogen and oxygen atoms in total. The van der Waals surface area contributed by atoms with E-state index in [1.54, 1.807) is 0 Å². The molecule has 0 spiro atoms. The van der Waals surface area contributed by atoms with Crippen LogP contribution in [-0.2, 0) is 6.42 Å². The zero-order chi connectivity index (χ0) is 10.1. The molecular weight excluding hydrogens is 196 g/mol. The Morgan fingerprint density at radius 3 is 3.07 bits per heavy atom. The molecule has 2 unspecified atom stereocenters. The van der Waals surface area contributed by atoms with E-state index < -0.39 is 0 Å². The van der Waals surface area contributed by atoms with Gasteiger partial charge in [0.05, 0.1) is 0 Å². The van der Waals surface area contributed by atoms with Crippen LogP contribution in [0.15, 0.2) is 18.2 Å². The van der Waals surface area contributed by atoms with Crippen LogP contribution in [0.1, 0.15) is 18.9 Å². The van der Waals surface area contributed by atoms with Crippen molar-refractivity contribution in [3.63, 3.8) is 0 Å². The minimum absolute atomic E-state index is 0.237. The van der Waals surface area contributed by atoms with Crippen LogP contribution in [0.25, 0.3) is 0 Å². The van der Waals surface area contributed by atoms with Crippen LogP contribution in [0.5, 0.6) is 0 Å². The van der Waals surface area contributed by atoms with Gasteiger partial charge in [-0.05, 0) is 37.5 Å². The first-order chi connectivity index (χ1) is 6.66. The number of benzene rings is 1. The molecule has 1 aromatic carbocycles. The van der Waals surface area contributed by atoms with Crippen LogP contribution >= 0.6 is 11.6 Å². The van der Waals surface area contributed by atoms with Crippen LogP contribution in [0.3, 0.4) is 0 Å². The summed E-state index contributed by atoms with van der Waals surface area (Å²) in [6, 6.07) is 6.67. The average Bonchev–Trinajstić information content (AvgIpc) is 2.47. The summed E-state index contributed by atoms with van der Waals surface area (Å²) >= 11 is 6.10. The number of nitrogens with one attached hydrogen (secondary N) is 1. The molecule has 2 atom stereocenters. The molecule has 0 saturated heterocycles. The number of nitrogens with two attached hydrogens (primary N) is 1. The predicted molar refractivity (Wildman–Crippen MR) is 60.8 cm³/mol. The molecule has 1 heterocycles. The molecule has 0 radical (unpaired) electrons. The quantitative estimate of drug-likeness (QED) is 0.787. The van der Waals surface area contributed by atoms with E-state index in [4.69, 9.17) is 17.3 Å². The van der Waals surface area contributed by atoms with Crippen LogP contribution in [-0.4, -0.2) is 12.1 Å². The largest absolute Gasteiger partial charge is 0.382 e. The molecule has 0 saturated carbocycles. The highest BCUT2D eigenvalue weighted by Crippen LogP contribution is 2.32. The lowest BCUT2D eigenvalue weighted by Crippen LogP contribution is -2.26. The summed E-state index contributed by atoms with van der Waals surface area (Å²) in [5, 5.41) is 4.31. The van der Waals surface area contributed by atoms with Crippen molar-refractivity contribution < 1.29 is 0 Å². The van der Waals surface area contributed by atoms with Gasteiger partial charge >= 0.3 is 0 Å². The zero-order valence-electron chi connectivity index (χ0n) is 8.26. The monoisotopic (exact) mass is 210 g/mol. The second-order valence-corrected chi connectivity index (χ2v) is 4.43. The molecule has 0 aliphatic carbocycles. The van der Waals surface area contributed by atoms with E-state index in [1.807, 2.05) is 19.1 Å². The molecule has 1 aromatic rings. The minimum atomic E-state index is 0.237. The maximum absolute atomic E-state index is 6.10. The Labute approximate surface area is 89.4 Å². The molecule has 76 valence electrons. The third kappa shape index (κ3) is 1.86. The lowest BCUT2D eigenvalue weighted by atomic mass is 10.0. The van der Waals surface area contributed by atoms with Crippen LogP contribution in [0.4, 0.5) is 5.69 Å². The highest BCUT2D eigenvalue weighted by Gasteiger charge is 2.22. The summed E-state index contributed by atoms with van der Waals surface area (Å²) in [7, 11) is 0. The smallest absolute Gasteiger partial charge is 0.0459 e. The van der Waals surface area contributed by atoms with Gasteiger partial charge in [0, 0.05) is 22.8 Å². The van der Waals surface area contributed by atoms with Crippen LogP contribution in [0, 0.1) is 0 Å². The van der Waals surface area contributed by atoms with Gasteiger partial charge in [0.25, 0.3) is 0 Å². The zero-order valence-corrected chi connectivity index (χ0v) is 9.01. The predicted octanol–water partition coefficient (Wildman–Crippen LogP) is 2.41. The van der Waals surface area contributed by atoms with Gasteiger partial charge in [0.1, 0.15) is 0 Å². The number of hydrogen-bond donors (Lipinski definition) is 2. The molecule has 0 fully saturated rings. The maximum Gasteiger partial charge on any atom is 0.0459 e. The van der Waals surface area contributed by atoms with Crippen molar-refractivity contribution in [3.05, 3.63) is 28.8 Å². The van der Waals surface area contributed by atoms with E-state index in [0.29, 0.717) is 6.04 Å². The Balaban J connectivity index is 2.14. The standard InChI is InChI=1S/C11H15ClN2/c1-7(13)5-8-6-9-10(12)3-2-4-11(9)14-8/h2-4,7-8,14H,5-6,13H2,1H3. The average molecular weight is 211 g/mol. The van der Waals surface area contributed by atoms with Gasteiger partial charge in [-0.2, -0.15) is 0 Å². The van der Waals surface area contributed by atoms with Gasteiger partial charge in [0.2, 0.25) is 0 Å². The van der Waals surface area contributed by atoms with Crippen molar-refractivity contribution in [2.75, 3.05) is 5.32 Å². The summed E-state index contributed by atoms with van der Waals surface area (Å²) in [6.45, 7) is 2.03. The van der Waals surface area contributed by atoms with E-state index in [2.05, 4.69) is 11.4 Å². The van der Waals surface area contributed by atoms with Crippen molar-refractivity contribution in [3.8, 4) is 0 Å². The second-order valence-electron chi connectivity index (χ2n) is 4.02. The molecule has 0 amide bonds. The van der Waals surface area contributed by atoms with E-state index in [-0.39, 0.29) is 6.04 Å². The molecular formula is C11H15ClN2. The molecule has 14 heavy (non-hydrogen) atoms. The van der Waals surface area contributed by atoms with Gasteiger partial charge in [0.15, 0.2) is 0 Å². The Morgan fingerprint density at radius 1 is 1.64 bits per heavy atom. The first-order valence-corrected chi connectivity index (χ1v) is 5.34. The molecule has 3 heteroatoms. The SMILES string of the molecule is CC(N)CC1Cc2c(Cl)cccc2N1. The lowest BCUT2D eigenvalue weighted by molar-refractivity contribution is 0.587. The first kappa shape index (κ1) is 9.81. The van der Waals surface area contributed by atoms with Gasteiger partial charge < -0.3 is 11.1 Å². The van der Waals surface area contributed by atoms with E-state index in [0.717, 1.165) is 17.9 Å². The minimum Gasteiger partial charge on any atom is -0.382 e. The summed E-state index contributed by atoms with van der Waals surface area (Å²) in [4.78, 5) is 0. The Hall–Kier alpha value is -0.730. The maximum atomic E-state index is 6.10. The summed E-state index contributed by atoms with van der Waals surface area (Å²) in [5.41, 5.74) is 8.18. The van der Waals surface area contributed by atoms with Gasteiger partial charge in [-0.1, -0.05) is 17.7 Å².